The first-order valence-corrected chi connectivity index (χ1v) is 12.1. The molecule has 1 saturated heterocycles. The van der Waals surface area contributed by atoms with Gasteiger partial charge in [-0.05, 0) is 25.0 Å². The maximum atomic E-state index is 12.6. The maximum absolute atomic E-state index is 12.6. The van der Waals surface area contributed by atoms with Crippen LogP contribution in [0.15, 0.2) is 29.4 Å². The van der Waals surface area contributed by atoms with E-state index in [4.69, 9.17) is 22.2 Å². The smallest absolute Gasteiger partial charge is 0.230 e. The number of nitrogens with two attached hydrogens (primary N) is 1. The molecule has 0 spiro atoms. The average Bonchev–Trinajstić information content (AvgIpc) is 3.18. The number of amides is 1. The second-order valence-electron chi connectivity index (χ2n) is 8.11. The molecule has 0 bridgehead atoms. The van der Waals surface area contributed by atoms with Crippen molar-refractivity contribution in [2.75, 3.05) is 44.4 Å². The van der Waals surface area contributed by atoms with Gasteiger partial charge in [0, 0.05) is 30.7 Å². The minimum atomic E-state index is -0.0227. The number of hydrogen-bond donors (Lipinski definition) is 2. The van der Waals surface area contributed by atoms with Gasteiger partial charge >= 0.3 is 0 Å². The number of morpholine rings is 1. The topological polar surface area (TPSA) is 98.3 Å². The highest BCUT2D eigenvalue weighted by atomic mass is 35.5. The first-order valence-electron chi connectivity index (χ1n) is 10.8. The molecule has 2 aliphatic rings. The maximum Gasteiger partial charge on any atom is 0.230 e. The number of carbonyl (C=O) groups is 1. The molecule has 31 heavy (non-hydrogen) atoms. The number of ether oxygens (including phenoxy) is 1. The normalized spacial score (nSPS) is 19.3. The van der Waals surface area contributed by atoms with Gasteiger partial charge in [0.15, 0.2) is 5.82 Å². The fourth-order valence-electron chi connectivity index (χ4n) is 4.50. The summed E-state index contributed by atoms with van der Waals surface area (Å²) in [5.41, 5.74) is 0.758. The molecule has 2 fully saturated rings. The molecule has 0 atom stereocenters. The number of aromatic nitrogens is 3. The lowest BCUT2D eigenvalue weighted by Crippen LogP contribution is -2.59. The summed E-state index contributed by atoms with van der Waals surface area (Å²) >= 11 is 7.51. The highest BCUT2D eigenvalue weighted by Crippen LogP contribution is 2.34. The number of nitrogen functional groups attached to an aromatic ring is 1. The van der Waals surface area contributed by atoms with E-state index in [9.17, 15) is 4.79 Å². The summed E-state index contributed by atoms with van der Waals surface area (Å²) in [6.07, 6.45) is 5.94. The lowest BCUT2D eigenvalue weighted by molar-refractivity contribution is -0.119. The lowest BCUT2D eigenvalue weighted by atomic mass is 9.79. The molecule has 1 aliphatic heterocycles. The fraction of sp³-hybridized carbons (Fsp3) is 0.571. The molecule has 0 radical (unpaired) electrons. The second-order valence-corrected chi connectivity index (χ2v) is 9.46. The summed E-state index contributed by atoms with van der Waals surface area (Å²) in [4.78, 5) is 15.2. The van der Waals surface area contributed by atoms with Gasteiger partial charge in [0.1, 0.15) is 0 Å². The Bertz CT molecular complexity index is 896. The summed E-state index contributed by atoms with van der Waals surface area (Å²) in [6, 6.07) is 7.33. The van der Waals surface area contributed by atoms with E-state index in [2.05, 4.69) is 20.4 Å². The van der Waals surface area contributed by atoms with Gasteiger partial charge in [-0.25, -0.2) is 4.68 Å². The van der Waals surface area contributed by atoms with Crippen LogP contribution in [0.25, 0.3) is 11.4 Å². The van der Waals surface area contributed by atoms with Gasteiger partial charge in [-0.2, -0.15) is 0 Å². The van der Waals surface area contributed by atoms with Gasteiger partial charge in [-0.15, -0.1) is 10.2 Å². The third-order valence-corrected chi connectivity index (χ3v) is 7.47. The van der Waals surface area contributed by atoms with Gasteiger partial charge in [0.25, 0.3) is 0 Å². The molecule has 1 aromatic heterocycles. The van der Waals surface area contributed by atoms with Crippen LogP contribution in [-0.2, 0) is 9.53 Å². The molecule has 1 saturated carbocycles. The highest BCUT2D eigenvalue weighted by Gasteiger charge is 2.38. The number of benzene rings is 1. The van der Waals surface area contributed by atoms with Gasteiger partial charge in [-0.1, -0.05) is 54.8 Å². The van der Waals surface area contributed by atoms with Crippen molar-refractivity contribution < 1.29 is 9.53 Å². The monoisotopic (exact) mass is 464 g/mol. The molecule has 2 aromatic rings. The molecular formula is C21H29ClN6O2S. The zero-order valence-corrected chi connectivity index (χ0v) is 19.1. The third-order valence-electron chi connectivity index (χ3n) is 6.19. The van der Waals surface area contributed by atoms with Crippen LogP contribution in [0.5, 0.6) is 0 Å². The molecule has 10 heteroatoms. The average molecular weight is 465 g/mol. The Morgan fingerprint density at radius 1 is 1.19 bits per heavy atom. The van der Waals surface area contributed by atoms with Crippen LogP contribution in [0.2, 0.25) is 5.02 Å². The number of nitrogens with one attached hydrogen (secondary N) is 1. The van der Waals surface area contributed by atoms with Crippen molar-refractivity contribution in [3.8, 4) is 11.4 Å². The van der Waals surface area contributed by atoms with Crippen molar-refractivity contribution in [3.05, 3.63) is 29.3 Å². The van der Waals surface area contributed by atoms with E-state index in [1.807, 2.05) is 18.2 Å². The molecule has 1 aliphatic carbocycles. The number of carbonyl (C=O) groups excluding carboxylic acids is 1. The Morgan fingerprint density at radius 3 is 2.68 bits per heavy atom. The van der Waals surface area contributed by atoms with Crippen molar-refractivity contribution >= 4 is 29.3 Å². The van der Waals surface area contributed by atoms with E-state index in [1.165, 1.54) is 35.7 Å². The summed E-state index contributed by atoms with van der Waals surface area (Å²) in [6.45, 7) is 4.08. The molecule has 0 unspecified atom stereocenters. The van der Waals surface area contributed by atoms with E-state index < -0.39 is 0 Å². The number of rotatable bonds is 7. The van der Waals surface area contributed by atoms with Crippen LogP contribution in [0.4, 0.5) is 0 Å². The van der Waals surface area contributed by atoms with Crippen LogP contribution >= 0.6 is 23.4 Å². The Hall–Kier alpha value is -1.81. The number of halogens is 1. The minimum absolute atomic E-state index is 0.0227. The molecule has 8 nitrogen and oxygen atoms in total. The van der Waals surface area contributed by atoms with E-state index in [0.29, 0.717) is 28.1 Å². The summed E-state index contributed by atoms with van der Waals surface area (Å²) < 4.78 is 6.92. The van der Waals surface area contributed by atoms with Crippen molar-refractivity contribution in [3.63, 3.8) is 0 Å². The van der Waals surface area contributed by atoms with Crippen molar-refractivity contribution in [1.29, 1.82) is 0 Å². The second kappa shape index (κ2) is 10.2. The van der Waals surface area contributed by atoms with Crippen LogP contribution < -0.4 is 11.2 Å². The first-order chi connectivity index (χ1) is 15.1. The molecule has 1 aromatic carbocycles. The van der Waals surface area contributed by atoms with Crippen LogP contribution in [0, 0.1) is 0 Å². The van der Waals surface area contributed by atoms with Crippen LogP contribution in [0.1, 0.15) is 32.1 Å². The SMILES string of the molecule is Nn1c(SCC(=O)NCC2(N3CCOCC3)CCCCC2)nnc1-c1ccccc1Cl. The number of thioether (sulfide) groups is 1. The van der Waals surface area contributed by atoms with Gasteiger partial charge in [-0.3, -0.25) is 9.69 Å². The predicted molar refractivity (Wildman–Crippen MR) is 123 cm³/mol. The summed E-state index contributed by atoms with van der Waals surface area (Å²) in [5.74, 6) is 6.85. The minimum Gasteiger partial charge on any atom is -0.379 e. The van der Waals surface area contributed by atoms with Crippen LogP contribution in [0.3, 0.4) is 0 Å². The molecule has 1 amide bonds. The van der Waals surface area contributed by atoms with E-state index in [1.54, 1.807) is 6.07 Å². The summed E-state index contributed by atoms with van der Waals surface area (Å²) in [5, 5.41) is 12.5. The Balaban J connectivity index is 1.34. The quantitative estimate of drug-likeness (QED) is 0.480. The molecule has 4 rings (SSSR count). The Morgan fingerprint density at radius 2 is 1.94 bits per heavy atom. The van der Waals surface area contributed by atoms with E-state index >= 15 is 0 Å². The Kier molecular flexibility index (Phi) is 7.37. The number of hydrogen-bond acceptors (Lipinski definition) is 7. The van der Waals surface area contributed by atoms with Gasteiger partial charge < -0.3 is 15.9 Å². The van der Waals surface area contributed by atoms with E-state index in [0.717, 1.165) is 39.1 Å². The van der Waals surface area contributed by atoms with Gasteiger partial charge in [0.2, 0.25) is 11.1 Å². The highest BCUT2D eigenvalue weighted by molar-refractivity contribution is 7.99. The molecule has 2 heterocycles. The van der Waals surface area contributed by atoms with E-state index in [-0.39, 0.29) is 17.2 Å². The van der Waals surface area contributed by atoms with Crippen LogP contribution in [-0.4, -0.2) is 69.8 Å². The molecule has 168 valence electrons. The van der Waals surface area contributed by atoms with Crippen molar-refractivity contribution in [1.82, 2.24) is 25.1 Å². The Labute approximate surface area is 191 Å². The number of nitrogens with zero attached hydrogens (tertiary/aromatic N) is 4. The standard InChI is InChI=1S/C21H29ClN6O2S/c22-17-7-3-2-6-16(17)19-25-26-20(28(19)23)31-14-18(29)24-15-21(8-4-1-5-9-21)27-10-12-30-13-11-27/h2-3,6-7H,1,4-5,8-15,23H2,(H,24,29). The third kappa shape index (κ3) is 5.16. The van der Waals surface area contributed by atoms with Crippen molar-refractivity contribution in [2.45, 2.75) is 42.8 Å². The zero-order chi connectivity index (χ0) is 21.7. The summed E-state index contributed by atoms with van der Waals surface area (Å²) in [7, 11) is 0. The zero-order valence-electron chi connectivity index (χ0n) is 17.6. The predicted octanol–water partition coefficient (Wildman–Crippen LogP) is 2.56. The van der Waals surface area contributed by atoms with Gasteiger partial charge in [0.05, 0.1) is 24.0 Å². The molecule has 3 N–H and O–H groups in total. The lowest BCUT2D eigenvalue weighted by Gasteiger charge is -2.48. The molecular weight excluding hydrogens is 436 g/mol. The largest absolute Gasteiger partial charge is 0.379 e. The first kappa shape index (κ1) is 22.4. The van der Waals surface area contributed by atoms with Crippen molar-refractivity contribution in [2.24, 2.45) is 0 Å². The fourth-order valence-corrected chi connectivity index (χ4v) is 5.40.